The molecule has 0 saturated carbocycles. The van der Waals surface area contributed by atoms with E-state index in [1.54, 1.807) is 7.05 Å². The van der Waals surface area contributed by atoms with Gasteiger partial charge >= 0.3 is 12.0 Å². The Balaban J connectivity index is 1.99. The lowest BCUT2D eigenvalue weighted by atomic mass is 10.1. The van der Waals surface area contributed by atoms with Crippen LogP contribution in [0.15, 0.2) is 4.99 Å². The van der Waals surface area contributed by atoms with E-state index in [-0.39, 0.29) is 0 Å². The van der Waals surface area contributed by atoms with Crippen LogP contribution in [0.1, 0.15) is 20.3 Å². The topological polar surface area (TPSA) is 112 Å². The summed E-state index contributed by atoms with van der Waals surface area (Å²) in [6, 6.07) is -1.30. The number of amides is 4. The molecule has 148 valence electrons. The fraction of sp³-hybridized carbons (Fsp3) is 0.706. The van der Waals surface area contributed by atoms with Gasteiger partial charge in [-0.05, 0) is 12.3 Å². The second kappa shape index (κ2) is 7.63. The zero-order valence-corrected chi connectivity index (χ0v) is 16.1. The number of likely N-dealkylation sites (N-methyl/N-ethyl adjacent to an activating group) is 1. The maximum absolute atomic E-state index is 13.1. The quantitative estimate of drug-likeness (QED) is 0.609. The minimum Gasteiger partial charge on any atom is -0.375 e. The van der Waals surface area contributed by atoms with Crippen LogP contribution in [0.2, 0.25) is 0 Å². The molecule has 0 spiro atoms. The predicted octanol–water partition coefficient (Wildman–Crippen LogP) is -1.11. The van der Waals surface area contributed by atoms with Crippen molar-refractivity contribution in [2.45, 2.75) is 26.3 Å². The van der Waals surface area contributed by atoms with E-state index in [1.165, 1.54) is 4.90 Å². The molecule has 0 aromatic heterocycles. The molecule has 3 aliphatic rings. The molecule has 0 aromatic rings. The van der Waals surface area contributed by atoms with Crippen molar-refractivity contribution in [3.8, 4) is 0 Å². The highest BCUT2D eigenvalue weighted by molar-refractivity contribution is 6.26. The highest BCUT2D eigenvalue weighted by atomic mass is 16.5. The molecule has 2 N–H and O–H groups in total. The molecule has 0 bridgehead atoms. The summed E-state index contributed by atoms with van der Waals surface area (Å²) < 4.78 is 7.50. The Morgan fingerprint density at radius 3 is 2.59 bits per heavy atom. The Bertz CT molecular complexity index is 708. The van der Waals surface area contributed by atoms with Gasteiger partial charge in [0.15, 0.2) is 0 Å². The average Bonchev–Trinajstić information content (AvgIpc) is 3.02. The molecule has 10 nitrogen and oxygen atoms in total. The van der Waals surface area contributed by atoms with Gasteiger partial charge in [0.05, 0.1) is 32.8 Å². The van der Waals surface area contributed by atoms with Crippen molar-refractivity contribution in [2.75, 3.05) is 46.4 Å². The summed E-state index contributed by atoms with van der Waals surface area (Å²) in [6.45, 7) is 6.95. The molecule has 2 fully saturated rings. The van der Waals surface area contributed by atoms with E-state index in [2.05, 4.69) is 23.4 Å². The molecule has 0 aliphatic carbocycles. The Hall–Kier alpha value is -2.49. The third kappa shape index (κ3) is 3.66. The summed E-state index contributed by atoms with van der Waals surface area (Å²) in [7, 11) is 1.57. The van der Waals surface area contributed by atoms with Crippen molar-refractivity contribution in [3.63, 3.8) is 0 Å². The van der Waals surface area contributed by atoms with Gasteiger partial charge in [-0.1, -0.05) is 18.8 Å². The van der Waals surface area contributed by atoms with E-state index in [9.17, 15) is 14.4 Å². The zero-order valence-electron chi connectivity index (χ0n) is 16.1. The van der Waals surface area contributed by atoms with Gasteiger partial charge in [-0.15, -0.1) is 0 Å². The minimum atomic E-state index is -0.727. The van der Waals surface area contributed by atoms with Gasteiger partial charge in [0.2, 0.25) is 17.8 Å². The normalized spacial score (nSPS) is 23.3. The highest BCUT2D eigenvalue weighted by Crippen LogP contribution is 2.24. The monoisotopic (exact) mass is 379 g/mol. The summed E-state index contributed by atoms with van der Waals surface area (Å²) in [4.78, 5) is 45.8. The number of carbonyl (C=O) groups is 3. The molecule has 3 aliphatic heterocycles. The summed E-state index contributed by atoms with van der Waals surface area (Å²) in [5.74, 6) is 0.348. The van der Waals surface area contributed by atoms with Crippen molar-refractivity contribution in [3.05, 3.63) is 0 Å². The number of carbonyl (C=O) groups excluding carboxylic acids is 3. The van der Waals surface area contributed by atoms with Crippen LogP contribution in [0.5, 0.6) is 0 Å². The Labute approximate surface area is 158 Å². The van der Waals surface area contributed by atoms with Crippen molar-refractivity contribution in [2.24, 2.45) is 16.6 Å². The van der Waals surface area contributed by atoms with Gasteiger partial charge in [-0.2, -0.15) is 0 Å². The van der Waals surface area contributed by atoms with Crippen molar-refractivity contribution < 1.29 is 23.7 Å². The van der Waals surface area contributed by atoms with Crippen molar-refractivity contribution >= 4 is 29.6 Å². The molecule has 1 atom stereocenters. The molecule has 0 radical (unpaired) electrons. The first kappa shape index (κ1) is 19.3. The number of imide groups is 1. The van der Waals surface area contributed by atoms with Gasteiger partial charge in [0.1, 0.15) is 6.54 Å². The standard InChI is InChI=1S/C17H26N6O4/c1-11(2)4-5-22-13-14(19-16(22)21-6-8-27-9-7-21)20(3)17(26)23(15(13)25)10-12(18)24/h11,13H,4-10H2,1-3H3,(H-,18,24)/p+1. The third-order valence-corrected chi connectivity index (χ3v) is 4.94. The van der Waals surface area contributed by atoms with E-state index in [0.29, 0.717) is 50.6 Å². The fourth-order valence-electron chi connectivity index (χ4n) is 3.45. The summed E-state index contributed by atoms with van der Waals surface area (Å²) in [6.07, 6.45) is 0.869. The number of nitrogens with zero attached hydrogens (tertiary/aromatic N) is 5. The number of hydrogen-bond donors (Lipinski definition) is 1. The van der Waals surface area contributed by atoms with Crippen molar-refractivity contribution in [1.29, 1.82) is 0 Å². The van der Waals surface area contributed by atoms with Gasteiger partial charge in [0.25, 0.3) is 5.91 Å². The minimum absolute atomic E-state index is 0.399. The van der Waals surface area contributed by atoms with E-state index in [0.717, 1.165) is 11.3 Å². The Morgan fingerprint density at radius 1 is 1.33 bits per heavy atom. The number of hydrogen-bond acceptors (Lipinski definition) is 4. The fourth-order valence-corrected chi connectivity index (χ4v) is 3.45. The van der Waals surface area contributed by atoms with Gasteiger partial charge < -0.3 is 10.5 Å². The maximum atomic E-state index is 13.1. The van der Waals surface area contributed by atoms with E-state index >= 15 is 0 Å². The Kier molecular flexibility index (Phi) is 5.45. The lowest BCUT2D eigenvalue weighted by molar-refractivity contribution is -0.554. The number of rotatable bonds is 5. The van der Waals surface area contributed by atoms with E-state index in [1.807, 2.05) is 4.90 Å². The van der Waals surface area contributed by atoms with Gasteiger partial charge in [-0.3, -0.25) is 24.0 Å². The number of aliphatic imine (C=N–C) groups is 1. The molecule has 27 heavy (non-hydrogen) atoms. The van der Waals surface area contributed by atoms with Crippen LogP contribution >= 0.6 is 0 Å². The largest absolute Gasteiger partial charge is 0.392 e. The number of primary amides is 1. The molecule has 2 saturated heterocycles. The molecule has 3 heterocycles. The van der Waals surface area contributed by atoms with Crippen LogP contribution in [-0.4, -0.2) is 101 Å². The lowest BCUT2D eigenvalue weighted by Crippen LogP contribution is -2.65. The predicted molar refractivity (Wildman–Crippen MR) is 97.3 cm³/mol. The summed E-state index contributed by atoms with van der Waals surface area (Å²) >= 11 is 0. The number of morpholine rings is 1. The smallest absolute Gasteiger partial charge is 0.375 e. The third-order valence-electron chi connectivity index (χ3n) is 4.94. The molecule has 0 aromatic carbocycles. The first-order chi connectivity index (χ1) is 12.8. The Morgan fingerprint density at radius 2 is 2.00 bits per heavy atom. The van der Waals surface area contributed by atoms with Crippen LogP contribution in [0.25, 0.3) is 0 Å². The van der Waals surface area contributed by atoms with Crippen LogP contribution < -0.4 is 5.73 Å². The second-order valence-corrected chi connectivity index (χ2v) is 7.38. The van der Waals surface area contributed by atoms with Crippen LogP contribution in [0.4, 0.5) is 4.79 Å². The van der Waals surface area contributed by atoms with E-state index in [4.69, 9.17) is 10.5 Å². The summed E-state index contributed by atoms with van der Waals surface area (Å²) in [5, 5.41) is 0. The van der Waals surface area contributed by atoms with Crippen LogP contribution in [-0.2, 0) is 14.3 Å². The van der Waals surface area contributed by atoms with Gasteiger partial charge in [0, 0.05) is 7.05 Å². The number of ether oxygens (including phenoxy) is 1. The molecule has 1 unspecified atom stereocenters. The number of guanidine groups is 1. The first-order valence-electron chi connectivity index (χ1n) is 9.23. The molecular weight excluding hydrogens is 352 g/mol. The SMILES string of the molecule is CC(C)CCN1C(=[N+]2CCOCC2)N=C2C1C(=O)N(CC(N)=O)C(=O)N2C. The van der Waals surface area contributed by atoms with Crippen LogP contribution in [0.3, 0.4) is 0 Å². The molecule has 4 amide bonds. The lowest BCUT2D eigenvalue weighted by Gasteiger charge is -2.34. The number of fused-ring (bicyclic) bond motifs is 1. The second-order valence-electron chi connectivity index (χ2n) is 7.38. The first-order valence-corrected chi connectivity index (χ1v) is 9.23. The summed E-state index contributed by atoms with van der Waals surface area (Å²) in [5.41, 5.74) is 5.23. The van der Waals surface area contributed by atoms with Gasteiger partial charge in [-0.25, -0.2) is 9.69 Å². The number of urea groups is 1. The molecular formula is C17H27N6O4+. The molecule has 3 rings (SSSR count). The van der Waals surface area contributed by atoms with Crippen LogP contribution in [0, 0.1) is 5.92 Å². The maximum Gasteiger partial charge on any atom is 0.392 e. The average molecular weight is 379 g/mol. The molecule has 10 heteroatoms. The number of amidine groups is 1. The van der Waals surface area contributed by atoms with Crippen molar-refractivity contribution in [1.82, 2.24) is 14.7 Å². The highest BCUT2D eigenvalue weighted by Gasteiger charge is 2.56. The van der Waals surface area contributed by atoms with E-state index < -0.39 is 30.4 Å². The zero-order chi connectivity index (χ0) is 19.7. The number of nitrogens with two attached hydrogens (primary N) is 1.